The van der Waals surface area contributed by atoms with Gasteiger partial charge >= 0.3 is 0 Å². The van der Waals surface area contributed by atoms with Crippen LogP contribution in [0.1, 0.15) is 31.1 Å². The summed E-state index contributed by atoms with van der Waals surface area (Å²) < 4.78 is 10.3. The van der Waals surface area contributed by atoms with E-state index in [0.29, 0.717) is 23.6 Å². The number of rotatable bonds is 8. The van der Waals surface area contributed by atoms with E-state index in [0.717, 1.165) is 0 Å². The van der Waals surface area contributed by atoms with Crippen molar-refractivity contribution in [2.24, 2.45) is 11.7 Å². The van der Waals surface area contributed by atoms with Gasteiger partial charge in [-0.3, -0.25) is 9.59 Å². The van der Waals surface area contributed by atoms with Crippen LogP contribution in [0.4, 0.5) is 0 Å². The minimum atomic E-state index is -0.663. The SMILES string of the molecule is COc1cc(OC)cc(C(=O)NC(C(=O)N[C@@H](C)CN)C(C)C)c1. The Hall–Kier alpha value is -2.28. The molecule has 0 saturated heterocycles. The molecular formula is C17H27N3O4. The number of hydrogen-bond donors (Lipinski definition) is 3. The Kier molecular flexibility index (Phi) is 7.51. The first kappa shape index (κ1) is 19.8. The molecule has 0 saturated carbocycles. The zero-order valence-electron chi connectivity index (χ0n) is 14.9. The molecule has 0 aliphatic heterocycles. The van der Waals surface area contributed by atoms with Crippen molar-refractivity contribution in [1.82, 2.24) is 10.6 Å². The van der Waals surface area contributed by atoms with E-state index in [1.54, 1.807) is 18.2 Å². The van der Waals surface area contributed by atoms with Crippen LogP contribution in [0.5, 0.6) is 11.5 Å². The summed E-state index contributed by atoms with van der Waals surface area (Å²) in [5.41, 5.74) is 5.88. The normalized spacial score (nSPS) is 13.1. The Labute approximate surface area is 142 Å². The maximum atomic E-state index is 12.5. The molecule has 2 atom stereocenters. The third kappa shape index (κ3) is 5.42. The van der Waals surface area contributed by atoms with E-state index in [4.69, 9.17) is 15.2 Å². The minimum absolute atomic E-state index is 0.0774. The number of methoxy groups -OCH3 is 2. The van der Waals surface area contributed by atoms with Crippen molar-refractivity contribution in [3.63, 3.8) is 0 Å². The molecule has 0 aliphatic carbocycles. The minimum Gasteiger partial charge on any atom is -0.497 e. The quantitative estimate of drug-likeness (QED) is 0.655. The lowest BCUT2D eigenvalue weighted by Gasteiger charge is -2.23. The Bertz CT molecular complexity index is 553. The van der Waals surface area contributed by atoms with Crippen LogP contribution >= 0.6 is 0 Å². The van der Waals surface area contributed by atoms with Crippen LogP contribution in [-0.4, -0.2) is 44.7 Å². The number of carbonyl (C=O) groups is 2. The molecule has 0 aliphatic rings. The molecule has 1 rings (SSSR count). The average Bonchev–Trinajstić information content (AvgIpc) is 2.57. The number of hydrogen-bond acceptors (Lipinski definition) is 5. The molecule has 0 fully saturated rings. The highest BCUT2D eigenvalue weighted by Crippen LogP contribution is 2.22. The molecule has 0 heterocycles. The van der Waals surface area contributed by atoms with Gasteiger partial charge in [0.05, 0.1) is 14.2 Å². The Morgan fingerprint density at radius 3 is 2.00 bits per heavy atom. The Morgan fingerprint density at radius 2 is 1.58 bits per heavy atom. The maximum absolute atomic E-state index is 12.5. The van der Waals surface area contributed by atoms with Crippen LogP contribution in [0.2, 0.25) is 0 Å². The van der Waals surface area contributed by atoms with Crippen molar-refractivity contribution in [2.45, 2.75) is 32.9 Å². The lowest BCUT2D eigenvalue weighted by molar-refractivity contribution is -0.124. The number of carbonyl (C=O) groups excluding carboxylic acids is 2. The van der Waals surface area contributed by atoms with Gasteiger partial charge in [0.1, 0.15) is 17.5 Å². The van der Waals surface area contributed by atoms with Crippen molar-refractivity contribution < 1.29 is 19.1 Å². The maximum Gasteiger partial charge on any atom is 0.252 e. The first-order chi connectivity index (χ1) is 11.3. The smallest absolute Gasteiger partial charge is 0.252 e. The first-order valence-electron chi connectivity index (χ1n) is 7.86. The zero-order valence-corrected chi connectivity index (χ0v) is 14.9. The van der Waals surface area contributed by atoms with Crippen molar-refractivity contribution in [3.8, 4) is 11.5 Å². The largest absolute Gasteiger partial charge is 0.497 e. The first-order valence-corrected chi connectivity index (χ1v) is 7.86. The lowest BCUT2D eigenvalue weighted by atomic mass is 10.0. The predicted octanol–water partition coefficient (Wildman–Crippen LogP) is 0.922. The standard InChI is InChI=1S/C17H27N3O4/c1-10(2)15(17(22)19-11(3)9-18)20-16(21)12-6-13(23-4)8-14(7-12)24-5/h6-8,10-11,15H,9,18H2,1-5H3,(H,19,22)(H,20,21)/t11-,15?/m0/s1. The van der Waals surface area contributed by atoms with Gasteiger partial charge in [-0.05, 0) is 25.0 Å². The molecule has 0 aromatic heterocycles. The Balaban J connectivity index is 2.95. The van der Waals surface area contributed by atoms with E-state index in [2.05, 4.69) is 10.6 Å². The van der Waals surface area contributed by atoms with E-state index in [9.17, 15) is 9.59 Å². The van der Waals surface area contributed by atoms with E-state index in [1.165, 1.54) is 14.2 Å². The summed E-state index contributed by atoms with van der Waals surface area (Å²) in [6, 6.07) is 4.04. The molecule has 24 heavy (non-hydrogen) atoms. The number of nitrogens with one attached hydrogen (secondary N) is 2. The second-order valence-electron chi connectivity index (χ2n) is 5.94. The fourth-order valence-electron chi connectivity index (χ4n) is 2.09. The third-order valence-corrected chi connectivity index (χ3v) is 3.59. The van der Waals surface area contributed by atoms with E-state index in [-0.39, 0.29) is 23.8 Å². The van der Waals surface area contributed by atoms with Gasteiger partial charge in [0.15, 0.2) is 0 Å². The topological polar surface area (TPSA) is 103 Å². The number of benzene rings is 1. The highest BCUT2D eigenvalue weighted by atomic mass is 16.5. The summed E-state index contributed by atoms with van der Waals surface area (Å²) in [5, 5.41) is 5.55. The molecule has 134 valence electrons. The van der Waals surface area contributed by atoms with E-state index >= 15 is 0 Å². The summed E-state index contributed by atoms with van der Waals surface area (Å²) in [6.07, 6.45) is 0. The highest BCUT2D eigenvalue weighted by molar-refractivity contribution is 5.98. The average molecular weight is 337 g/mol. The van der Waals surface area contributed by atoms with Gasteiger partial charge < -0.3 is 25.8 Å². The second kappa shape index (κ2) is 9.12. The van der Waals surface area contributed by atoms with Crippen molar-refractivity contribution >= 4 is 11.8 Å². The molecule has 4 N–H and O–H groups in total. The highest BCUT2D eigenvalue weighted by Gasteiger charge is 2.25. The van der Waals surface area contributed by atoms with Crippen LogP contribution < -0.4 is 25.8 Å². The van der Waals surface area contributed by atoms with Crippen LogP contribution in [0.3, 0.4) is 0 Å². The number of nitrogens with two attached hydrogens (primary N) is 1. The molecule has 0 radical (unpaired) electrons. The van der Waals surface area contributed by atoms with Crippen LogP contribution in [0.15, 0.2) is 18.2 Å². The fraction of sp³-hybridized carbons (Fsp3) is 0.529. The summed E-state index contributed by atoms with van der Waals surface area (Å²) in [5.74, 6) is 0.294. The Morgan fingerprint density at radius 1 is 1.04 bits per heavy atom. The molecule has 1 unspecified atom stereocenters. The molecule has 0 spiro atoms. The van der Waals surface area contributed by atoms with Gasteiger partial charge in [-0.2, -0.15) is 0 Å². The van der Waals surface area contributed by atoms with Crippen LogP contribution in [-0.2, 0) is 4.79 Å². The van der Waals surface area contributed by atoms with Gasteiger partial charge in [-0.25, -0.2) is 0 Å². The van der Waals surface area contributed by atoms with Gasteiger partial charge in [-0.15, -0.1) is 0 Å². The lowest BCUT2D eigenvalue weighted by Crippen LogP contribution is -2.52. The van der Waals surface area contributed by atoms with Gasteiger partial charge in [0.2, 0.25) is 5.91 Å². The molecular weight excluding hydrogens is 310 g/mol. The fourth-order valence-corrected chi connectivity index (χ4v) is 2.09. The molecule has 0 bridgehead atoms. The van der Waals surface area contributed by atoms with Crippen molar-refractivity contribution in [2.75, 3.05) is 20.8 Å². The van der Waals surface area contributed by atoms with Gasteiger partial charge in [0, 0.05) is 24.2 Å². The van der Waals surface area contributed by atoms with Gasteiger partial charge in [0.25, 0.3) is 5.91 Å². The summed E-state index contributed by atoms with van der Waals surface area (Å²) >= 11 is 0. The monoisotopic (exact) mass is 337 g/mol. The summed E-state index contributed by atoms with van der Waals surface area (Å²) in [7, 11) is 3.02. The van der Waals surface area contributed by atoms with Crippen molar-refractivity contribution in [3.05, 3.63) is 23.8 Å². The summed E-state index contributed by atoms with van der Waals surface area (Å²) in [4.78, 5) is 24.9. The predicted molar refractivity (Wildman–Crippen MR) is 92.3 cm³/mol. The molecule has 7 heteroatoms. The molecule has 1 aromatic rings. The van der Waals surface area contributed by atoms with E-state index < -0.39 is 6.04 Å². The molecule has 2 amide bonds. The van der Waals surface area contributed by atoms with E-state index in [1.807, 2.05) is 20.8 Å². The third-order valence-electron chi connectivity index (χ3n) is 3.59. The van der Waals surface area contributed by atoms with Crippen molar-refractivity contribution in [1.29, 1.82) is 0 Å². The van der Waals surface area contributed by atoms with Crippen LogP contribution in [0.25, 0.3) is 0 Å². The molecule has 7 nitrogen and oxygen atoms in total. The van der Waals surface area contributed by atoms with Gasteiger partial charge in [-0.1, -0.05) is 13.8 Å². The zero-order chi connectivity index (χ0) is 18.3. The number of ether oxygens (including phenoxy) is 2. The second-order valence-corrected chi connectivity index (χ2v) is 5.94. The summed E-state index contributed by atoms with van der Waals surface area (Å²) in [6.45, 7) is 5.87. The molecule has 1 aromatic carbocycles. The number of amides is 2. The van der Waals surface area contributed by atoms with Crippen LogP contribution in [0, 0.1) is 5.92 Å².